The Bertz CT molecular complexity index is 668. The number of nitrogens with zero attached hydrogens (tertiary/aromatic N) is 1. The Hall–Kier alpha value is -1.89. The lowest BCUT2D eigenvalue weighted by molar-refractivity contribution is 0.0955. The van der Waals surface area contributed by atoms with Crippen LogP contribution in [0.5, 0.6) is 0 Å². The SMILES string of the molecule is C/C(=N\NC(=O)c1cccc(I)c1)c1cccc(N)c1. The van der Waals surface area contributed by atoms with E-state index in [0.717, 1.165) is 9.13 Å². The Morgan fingerprint density at radius 1 is 1.15 bits per heavy atom. The first kappa shape index (κ1) is 14.5. The number of hydrazone groups is 1. The van der Waals surface area contributed by atoms with E-state index < -0.39 is 0 Å². The largest absolute Gasteiger partial charge is 0.399 e. The number of hydrogen-bond donors (Lipinski definition) is 2. The fourth-order valence-corrected chi connectivity index (χ4v) is 2.20. The molecule has 0 heterocycles. The maximum absolute atomic E-state index is 12.0. The van der Waals surface area contributed by atoms with E-state index in [1.54, 1.807) is 18.2 Å². The minimum Gasteiger partial charge on any atom is -0.399 e. The molecule has 4 nitrogen and oxygen atoms in total. The molecular weight excluding hydrogens is 365 g/mol. The van der Waals surface area contributed by atoms with Crippen molar-refractivity contribution < 1.29 is 4.79 Å². The van der Waals surface area contributed by atoms with Crippen LogP contribution in [0.25, 0.3) is 0 Å². The van der Waals surface area contributed by atoms with E-state index in [2.05, 4.69) is 33.1 Å². The molecule has 0 radical (unpaired) electrons. The second-order valence-corrected chi connectivity index (χ2v) is 5.52. The minimum atomic E-state index is -0.230. The van der Waals surface area contributed by atoms with Crippen molar-refractivity contribution >= 4 is 39.9 Å². The maximum Gasteiger partial charge on any atom is 0.271 e. The van der Waals surface area contributed by atoms with E-state index in [1.807, 2.05) is 37.3 Å². The van der Waals surface area contributed by atoms with Crippen molar-refractivity contribution in [2.75, 3.05) is 5.73 Å². The number of carbonyl (C=O) groups excluding carboxylic acids is 1. The molecule has 5 heteroatoms. The summed E-state index contributed by atoms with van der Waals surface area (Å²) in [5.41, 5.74) is 11.1. The van der Waals surface area contributed by atoms with Gasteiger partial charge in [0, 0.05) is 14.8 Å². The van der Waals surface area contributed by atoms with Gasteiger partial charge in [-0.25, -0.2) is 5.43 Å². The molecule has 0 atom stereocenters. The van der Waals surface area contributed by atoms with Gasteiger partial charge in [0.1, 0.15) is 0 Å². The zero-order valence-electron chi connectivity index (χ0n) is 10.9. The van der Waals surface area contributed by atoms with Crippen molar-refractivity contribution in [3.05, 3.63) is 63.2 Å². The van der Waals surface area contributed by atoms with Gasteiger partial charge in [-0.1, -0.05) is 18.2 Å². The fourth-order valence-electron chi connectivity index (χ4n) is 1.66. The minimum absolute atomic E-state index is 0.230. The highest BCUT2D eigenvalue weighted by Crippen LogP contribution is 2.09. The fraction of sp³-hybridized carbons (Fsp3) is 0.0667. The molecule has 0 saturated carbocycles. The molecule has 0 spiro atoms. The van der Waals surface area contributed by atoms with Crippen LogP contribution in [0.3, 0.4) is 0 Å². The van der Waals surface area contributed by atoms with E-state index in [1.165, 1.54) is 0 Å². The van der Waals surface area contributed by atoms with Gasteiger partial charge in [0.25, 0.3) is 5.91 Å². The van der Waals surface area contributed by atoms with Crippen molar-refractivity contribution in [2.45, 2.75) is 6.92 Å². The van der Waals surface area contributed by atoms with Crippen LogP contribution in [0.15, 0.2) is 53.6 Å². The molecule has 3 N–H and O–H groups in total. The van der Waals surface area contributed by atoms with Gasteiger partial charge in [-0.2, -0.15) is 5.10 Å². The molecule has 0 aromatic heterocycles. The Balaban J connectivity index is 2.11. The molecule has 0 saturated heterocycles. The van der Waals surface area contributed by atoms with Gasteiger partial charge in [0.2, 0.25) is 0 Å². The predicted octanol–water partition coefficient (Wildman–Crippen LogP) is 3.03. The normalized spacial score (nSPS) is 11.2. The summed E-state index contributed by atoms with van der Waals surface area (Å²) in [4.78, 5) is 12.0. The highest BCUT2D eigenvalue weighted by atomic mass is 127. The van der Waals surface area contributed by atoms with E-state index in [-0.39, 0.29) is 5.91 Å². The Morgan fingerprint density at radius 2 is 1.85 bits per heavy atom. The number of anilines is 1. The van der Waals surface area contributed by atoms with Crippen molar-refractivity contribution in [3.8, 4) is 0 Å². The Labute approximate surface area is 131 Å². The number of rotatable bonds is 3. The zero-order valence-corrected chi connectivity index (χ0v) is 13.1. The molecule has 0 aliphatic carbocycles. The number of nitrogens with one attached hydrogen (secondary N) is 1. The third-order valence-electron chi connectivity index (χ3n) is 2.72. The topological polar surface area (TPSA) is 67.5 Å². The van der Waals surface area contributed by atoms with Crippen LogP contribution >= 0.6 is 22.6 Å². The van der Waals surface area contributed by atoms with Gasteiger partial charge in [-0.3, -0.25) is 4.79 Å². The number of benzene rings is 2. The molecule has 0 unspecified atom stereocenters. The Morgan fingerprint density at radius 3 is 2.55 bits per heavy atom. The van der Waals surface area contributed by atoms with Crippen LogP contribution in [0.4, 0.5) is 5.69 Å². The number of nitrogens with two attached hydrogens (primary N) is 1. The summed E-state index contributed by atoms with van der Waals surface area (Å²) in [6.45, 7) is 1.82. The van der Waals surface area contributed by atoms with Crippen molar-refractivity contribution in [2.24, 2.45) is 5.10 Å². The molecule has 0 fully saturated rings. The number of halogens is 1. The number of carbonyl (C=O) groups is 1. The van der Waals surface area contributed by atoms with E-state index in [9.17, 15) is 4.79 Å². The number of nitrogen functional groups attached to an aromatic ring is 1. The zero-order chi connectivity index (χ0) is 14.5. The van der Waals surface area contributed by atoms with Gasteiger partial charge >= 0.3 is 0 Å². The lowest BCUT2D eigenvalue weighted by atomic mass is 10.1. The average Bonchev–Trinajstić information content (AvgIpc) is 2.44. The van der Waals surface area contributed by atoms with Crippen molar-refractivity contribution in [1.29, 1.82) is 0 Å². The van der Waals surface area contributed by atoms with Crippen LogP contribution < -0.4 is 11.2 Å². The highest BCUT2D eigenvalue weighted by molar-refractivity contribution is 14.1. The van der Waals surface area contributed by atoms with Crippen LogP contribution in [-0.2, 0) is 0 Å². The monoisotopic (exact) mass is 379 g/mol. The lowest BCUT2D eigenvalue weighted by Crippen LogP contribution is -2.19. The first-order valence-corrected chi connectivity index (χ1v) is 7.10. The Kier molecular flexibility index (Phi) is 4.73. The van der Waals surface area contributed by atoms with Crippen molar-refractivity contribution in [1.82, 2.24) is 5.43 Å². The van der Waals surface area contributed by atoms with Gasteiger partial charge < -0.3 is 5.73 Å². The van der Waals surface area contributed by atoms with Gasteiger partial charge in [0.05, 0.1) is 5.71 Å². The molecule has 2 aromatic carbocycles. The summed E-state index contributed by atoms with van der Waals surface area (Å²) in [7, 11) is 0. The molecule has 20 heavy (non-hydrogen) atoms. The van der Waals surface area contributed by atoms with Gasteiger partial charge in [-0.05, 0) is 65.4 Å². The van der Waals surface area contributed by atoms with E-state index in [0.29, 0.717) is 17.0 Å². The van der Waals surface area contributed by atoms with E-state index >= 15 is 0 Å². The molecule has 0 aliphatic heterocycles. The predicted molar refractivity (Wildman–Crippen MR) is 89.7 cm³/mol. The van der Waals surface area contributed by atoms with E-state index in [4.69, 9.17) is 5.73 Å². The van der Waals surface area contributed by atoms with Crippen LogP contribution in [-0.4, -0.2) is 11.6 Å². The molecule has 0 bridgehead atoms. The van der Waals surface area contributed by atoms with Crippen molar-refractivity contribution in [3.63, 3.8) is 0 Å². The smallest absolute Gasteiger partial charge is 0.271 e. The molecule has 2 aromatic rings. The summed E-state index contributed by atoms with van der Waals surface area (Å²) in [5.74, 6) is -0.230. The number of amides is 1. The summed E-state index contributed by atoms with van der Waals surface area (Å²) in [6, 6.07) is 14.7. The first-order chi connectivity index (χ1) is 9.56. The van der Waals surface area contributed by atoms with Crippen LogP contribution in [0, 0.1) is 3.57 Å². The average molecular weight is 379 g/mol. The first-order valence-electron chi connectivity index (χ1n) is 6.02. The van der Waals surface area contributed by atoms with Crippen LogP contribution in [0.2, 0.25) is 0 Å². The quantitative estimate of drug-likeness (QED) is 0.373. The summed E-state index contributed by atoms with van der Waals surface area (Å²) < 4.78 is 1.01. The summed E-state index contributed by atoms with van der Waals surface area (Å²) in [6.07, 6.45) is 0. The molecule has 102 valence electrons. The third-order valence-corrected chi connectivity index (χ3v) is 3.39. The molecule has 2 rings (SSSR count). The highest BCUT2D eigenvalue weighted by Gasteiger charge is 2.05. The second-order valence-electron chi connectivity index (χ2n) is 4.27. The summed E-state index contributed by atoms with van der Waals surface area (Å²) in [5, 5.41) is 4.10. The maximum atomic E-state index is 12.0. The molecule has 0 aliphatic rings. The van der Waals surface area contributed by atoms with Crippen LogP contribution in [0.1, 0.15) is 22.8 Å². The standard InChI is InChI=1S/C15H14IN3O/c1-10(11-4-3-7-14(17)9-11)18-19-15(20)12-5-2-6-13(16)8-12/h2-9H,17H2,1H3,(H,19,20)/b18-10+. The van der Waals surface area contributed by atoms with Gasteiger partial charge in [0.15, 0.2) is 0 Å². The number of hydrogen-bond acceptors (Lipinski definition) is 3. The summed E-state index contributed by atoms with van der Waals surface area (Å²) >= 11 is 2.16. The van der Waals surface area contributed by atoms with Gasteiger partial charge in [-0.15, -0.1) is 0 Å². The third kappa shape index (κ3) is 3.80. The molecule has 1 amide bonds. The molecular formula is C15H14IN3O. The lowest BCUT2D eigenvalue weighted by Gasteiger charge is -2.04. The second kappa shape index (κ2) is 6.51.